The predicted octanol–water partition coefficient (Wildman–Crippen LogP) is 2.34. The van der Waals surface area contributed by atoms with Gasteiger partial charge in [0.2, 0.25) is 0 Å². The summed E-state index contributed by atoms with van der Waals surface area (Å²) < 4.78 is 0. The summed E-state index contributed by atoms with van der Waals surface area (Å²) in [6.07, 6.45) is 5.36. The molecular weight excluding hydrogens is 252 g/mol. The van der Waals surface area contributed by atoms with E-state index in [1.807, 2.05) is 6.92 Å². The molecule has 0 spiro atoms. The van der Waals surface area contributed by atoms with Crippen LogP contribution in [0.5, 0.6) is 0 Å². The van der Waals surface area contributed by atoms with Crippen LogP contribution in [0.4, 0.5) is 5.69 Å². The molecule has 2 heterocycles. The van der Waals surface area contributed by atoms with E-state index in [0.717, 1.165) is 12.2 Å². The van der Waals surface area contributed by atoms with Crippen molar-refractivity contribution < 1.29 is 4.79 Å². The van der Waals surface area contributed by atoms with Crippen LogP contribution in [0.3, 0.4) is 0 Å². The molecule has 2 aromatic heterocycles. The van der Waals surface area contributed by atoms with Crippen LogP contribution in [-0.2, 0) is 6.42 Å². The third kappa shape index (κ3) is 3.01. The van der Waals surface area contributed by atoms with Crippen molar-refractivity contribution in [3.63, 3.8) is 0 Å². The van der Waals surface area contributed by atoms with Gasteiger partial charge in [0, 0.05) is 17.6 Å². The van der Waals surface area contributed by atoms with E-state index >= 15 is 0 Å². The van der Waals surface area contributed by atoms with Crippen LogP contribution in [0.1, 0.15) is 23.2 Å². The fourth-order valence-corrected chi connectivity index (χ4v) is 1.49. The number of amides is 1. The highest BCUT2D eigenvalue weighted by molar-refractivity contribution is 6.30. The van der Waals surface area contributed by atoms with Gasteiger partial charge in [-0.1, -0.05) is 18.5 Å². The van der Waals surface area contributed by atoms with Crippen molar-refractivity contribution in [3.8, 4) is 0 Å². The molecular formula is C12H11ClN4O. The number of hydrogen-bond acceptors (Lipinski definition) is 4. The van der Waals surface area contributed by atoms with Gasteiger partial charge >= 0.3 is 0 Å². The van der Waals surface area contributed by atoms with Gasteiger partial charge in [-0.15, -0.1) is 0 Å². The number of nitrogens with zero attached hydrogens (tertiary/aromatic N) is 3. The highest BCUT2D eigenvalue weighted by Gasteiger charge is 2.08. The van der Waals surface area contributed by atoms with Gasteiger partial charge in [-0.05, 0) is 12.1 Å². The summed E-state index contributed by atoms with van der Waals surface area (Å²) in [5, 5.41) is 3.12. The SMILES string of the molecule is CCc1ncc(NC(=O)c2cc(Cl)ccn2)cn1. The minimum Gasteiger partial charge on any atom is -0.318 e. The summed E-state index contributed by atoms with van der Waals surface area (Å²) >= 11 is 5.79. The smallest absolute Gasteiger partial charge is 0.274 e. The summed E-state index contributed by atoms with van der Waals surface area (Å²) in [5.41, 5.74) is 0.779. The van der Waals surface area contributed by atoms with Gasteiger partial charge in [-0.2, -0.15) is 0 Å². The molecule has 0 fully saturated rings. The van der Waals surface area contributed by atoms with Crippen LogP contribution in [0.2, 0.25) is 5.02 Å². The van der Waals surface area contributed by atoms with Gasteiger partial charge < -0.3 is 5.32 Å². The summed E-state index contributed by atoms with van der Waals surface area (Å²) in [7, 11) is 0. The molecule has 0 bridgehead atoms. The van der Waals surface area contributed by atoms with E-state index < -0.39 is 0 Å². The molecule has 0 atom stereocenters. The Balaban J connectivity index is 2.11. The number of anilines is 1. The zero-order chi connectivity index (χ0) is 13.0. The van der Waals surface area contributed by atoms with Crippen molar-refractivity contribution in [2.45, 2.75) is 13.3 Å². The minimum absolute atomic E-state index is 0.252. The van der Waals surface area contributed by atoms with Crippen LogP contribution in [-0.4, -0.2) is 20.9 Å². The monoisotopic (exact) mass is 262 g/mol. The number of carbonyl (C=O) groups is 1. The van der Waals surface area contributed by atoms with Crippen LogP contribution in [0, 0.1) is 0 Å². The number of aryl methyl sites for hydroxylation is 1. The maximum Gasteiger partial charge on any atom is 0.274 e. The van der Waals surface area contributed by atoms with Gasteiger partial charge in [0.1, 0.15) is 11.5 Å². The number of nitrogens with one attached hydrogen (secondary N) is 1. The molecule has 0 saturated carbocycles. The van der Waals surface area contributed by atoms with Crippen molar-refractivity contribution in [2.75, 3.05) is 5.32 Å². The molecule has 5 nitrogen and oxygen atoms in total. The van der Waals surface area contributed by atoms with Gasteiger partial charge in [0.25, 0.3) is 5.91 Å². The first-order chi connectivity index (χ1) is 8.69. The number of pyridine rings is 1. The Bertz CT molecular complexity index is 556. The second kappa shape index (κ2) is 5.55. The Hall–Kier alpha value is -2.01. The zero-order valence-electron chi connectivity index (χ0n) is 9.72. The largest absolute Gasteiger partial charge is 0.318 e. The number of rotatable bonds is 3. The fourth-order valence-electron chi connectivity index (χ4n) is 1.33. The number of hydrogen-bond donors (Lipinski definition) is 1. The van der Waals surface area contributed by atoms with E-state index in [0.29, 0.717) is 10.7 Å². The Morgan fingerprint density at radius 3 is 2.67 bits per heavy atom. The van der Waals surface area contributed by atoms with Gasteiger partial charge in [-0.3, -0.25) is 9.78 Å². The normalized spacial score (nSPS) is 10.1. The van der Waals surface area contributed by atoms with Crippen LogP contribution in [0.15, 0.2) is 30.7 Å². The van der Waals surface area contributed by atoms with E-state index in [4.69, 9.17) is 11.6 Å². The maximum atomic E-state index is 11.8. The van der Waals surface area contributed by atoms with Crippen LogP contribution in [0.25, 0.3) is 0 Å². The summed E-state index contributed by atoms with van der Waals surface area (Å²) in [4.78, 5) is 23.9. The van der Waals surface area contributed by atoms with Crippen molar-refractivity contribution in [3.05, 3.63) is 47.3 Å². The molecule has 0 aliphatic carbocycles. The van der Waals surface area contributed by atoms with Crippen molar-refractivity contribution in [1.82, 2.24) is 15.0 Å². The molecule has 2 rings (SSSR count). The van der Waals surface area contributed by atoms with Crippen molar-refractivity contribution in [2.24, 2.45) is 0 Å². The molecule has 0 aromatic carbocycles. The quantitative estimate of drug-likeness (QED) is 0.922. The van der Waals surface area contributed by atoms with Crippen molar-refractivity contribution in [1.29, 1.82) is 0 Å². The second-order valence-corrected chi connectivity index (χ2v) is 3.99. The van der Waals surface area contributed by atoms with E-state index in [9.17, 15) is 4.79 Å². The molecule has 0 aliphatic heterocycles. The topological polar surface area (TPSA) is 67.8 Å². The molecule has 0 radical (unpaired) electrons. The molecule has 1 amide bonds. The first-order valence-electron chi connectivity index (χ1n) is 5.43. The van der Waals surface area contributed by atoms with Crippen LogP contribution < -0.4 is 5.32 Å². The lowest BCUT2D eigenvalue weighted by atomic mass is 10.3. The highest BCUT2D eigenvalue weighted by Crippen LogP contribution is 2.10. The zero-order valence-corrected chi connectivity index (χ0v) is 10.5. The Labute approximate surface area is 109 Å². The summed E-state index contributed by atoms with van der Waals surface area (Å²) in [6, 6.07) is 3.11. The average molecular weight is 263 g/mol. The Morgan fingerprint density at radius 1 is 1.33 bits per heavy atom. The first-order valence-corrected chi connectivity index (χ1v) is 5.80. The standard InChI is InChI=1S/C12H11ClN4O/c1-2-11-15-6-9(7-16-11)17-12(18)10-5-8(13)3-4-14-10/h3-7H,2H2,1H3,(H,17,18). The van der Waals surface area contributed by atoms with Crippen LogP contribution >= 0.6 is 11.6 Å². The summed E-state index contributed by atoms with van der Waals surface area (Å²) in [6.45, 7) is 1.96. The van der Waals surface area contributed by atoms with E-state index in [1.54, 1.807) is 18.5 Å². The molecule has 6 heteroatoms. The minimum atomic E-state index is -0.342. The molecule has 0 aliphatic rings. The second-order valence-electron chi connectivity index (χ2n) is 3.55. The lowest BCUT2D eigenvalue weighted by Gasteiger charge is -2.04. The van der Waals surface area contributed by atoms with Gasteiger partial charge in [0.15, 0.2) is 0 Å². The molecule has 1 N–H and O–H groups in total. The van der Waals surface area contributed by atoms with E-state index in [-0.39, 0.29) is 11.6 Å². The number of aromatic nitrogens is 3. The van der Waals surface area contributed by atoms with Gasteiger partial charge in [0.05, 0.1) is 18.1 Å². The summed E-state index contributed by atoms with van der Waals surface area (Å²) in [5.74, 6) is 0.388. The third-order valence-corrected chi connectivity index (χ3v) is 2.47. The molecule has 0 unspecified atom stereocenters. The number of halogens is 1. The van der Waals surface area contributed by atoms with Gasteiger partial charge in [-0.25, -0.2) is 9.97 Å². The maximum absolute atomic E-state index is 11.8. The Kier molecular flexibility index (Phi) is 3.84. The highest BCUT2D eigenvalue weighted by atomic mass is 35.5. The third-order valence-electron chi connectivity index (χ3n) is 2.23. The van der Waals surface area contributed by atoms with E-state index in [1.165, 1.54) is 12.3 Å². The lowest BCUT2D eigenvalue weighted by molar-refractivity contribution is 0.102. The average Bonchev–Trinajstić information content (AvgIpc) is 2.39. The molecule has 0 saturated heterocycles. The molecule has 2 aromatic rings. The van der Waals surface area contributed by atoms with Crippen molar-refractivity contribution >= 4 is 23.2 Å². The first kappa shape index (κ1) is 12.4. The lowest BCUT2D eigenvalue weighted by Crippen LogP contribution is -2.14. The predicted molar refractivity (Wildman–Crippen MR) is 68.6 cm³/mol. The molecule has 92 valence electrons. The molecule has 18 heavy (non-hydrogen) atoms. The fraction of sp³-hybridized carbons (Fsp3) is 0.167. The van der Waals surface area contributed by atoms with E-state index in [2.05, 4.69) is 20.3 Å². The number of carbonyl (C=O) groups excluding carboxylic acids is 1. The Morgan fingerprint density at radius 2 is 2.06 bits per heavy atom.